The average Bonchev–Trinajstić information content (AvgIpc) is 2.60. The number of benzene rings is 2. The molecule has 0 bridgehead atoms. The molecule has 4 nitrogen and oxygen atoms in total. The number of ether oxygens (including phenoxy) is 1. The van der Waals surface area contributed by atoms with Crippen molar-refractivity contribution < 1.29 is 14.3 Å². The Balaban J connectivity index is 2.01. The number of amides is 2. The second-order valence-corrected chi connectivity index (χ2v) is 4.58. The van der Waals surface area contributed by atoms with Crippen molar-refractivity contribution in [3.8, 4) is 11.5 Å². The van der Waals surface area contributed by atoms with Crippen LogP contribution >= 0.6 is 0 Å². The molecule has 1 N–H and O–H groups in total. The summed E-state index contributed by atoms with van der Waals surface area (Å²) in [5.74, 6) is 0.482. The third-order valence-corrected chi connectivity index (χ3v) is 3.18. The number of carbonyl (C=O) groups excluding carboxylic acids is 2. The van der Waals surface area contributed by atoms with E-state index < -0.39 is 5.91 Å². The molecule has 100 valence electrons. The van der Waals surface area contributed by atoms with Crippen LogP contribution < -0.4 is 10.1 Å². The van der Waals surface area contributed by atoms with Gasteiger partial charge in [-0.05, 0) is 30.2 Å². The van der Waals surface area contributed by atoms with Gasteiger partial charge in [-0.2, -0.15) is 0 Å². The first-order chi connectivity index (χ1) is 9.74. The Morgan fingerprint density at radius 1 is 0.900 bits per heavy atom. The average molecular weight is 267 g/mol. The van der Waals surface area contributed by atoms with Gasteiger partial charge in [-0.3, -0.25) is 14.9 Å². The first-order valence-electron chi connectivity index (χ1n) is 6.43. The van der Waals surface area contributed by atoms with E-state index in [4.69, 9.17) is 4.74 Å². The van der Waals surface area contributed by atoms with Gasteiger partial charge in [0.2, 0.25) is 5.91 Å². The fraction of sp³-hybridized carbons (Fsp3) is 0.125. The van der Waals surface area contributed by atoms with Crippen LogP contribution in [0.2, 0.25) is 0 Å². The lowest BCUT2D eigenvalue weighted by molar-refractivity contribution is -0.119. The van der Waals surface area contributed by atoms with Gasteiger partial charge in [0.1, 0.15) is 11.5 Å². The van der Waals surface area contributed by atoms with Gasteiger partial charge in [0.15, 0.2) is 0 Å². The number of hydrogen-bond acceptors (Lipinski definition) is 3. The van der Waals surface area contributed by atoms with Crippen molar-refractivity contribution in [2.24, 2.45) is 0 Å². The standard InChI is InChI=1S/C16H13NO3/c18-14-10-9-11-5-4-8-13(15(11)16(19)17-14)20-12-6-2-1-3-7-12/h1-8H,9-10H2,(H,17,18,19). The molecular weight excluding hydrogens is 254 g/mol. The van der Waals surface area contributed by atoms with Crippen LogP contribution in [0.1, 0.15) is 22.3 Å². The molecule has 0 radical (unpaired) electrons. The molecule has 0 fully saturated rings. The van der Waals surface area contributed by atoms with Gasteiger partial charge >= 0.3 is 0 Å². The summed E-state index contributed by atoms with van der Waals surface area (Å²) in [7, 11) is 0. The number of hydrogen-bond donors (Lipinski definition) is 1. The van der Waals surface area contributed by atoms with Crippen LogP contribution in [0.4, 0.5) is 0 Å². The number of fused-ring (bicyclic) bond motifs is 1. The van der Waals surface area contributed by atoms with Gasteiger partial charge in [0.05, 0.1) is 5.56 Å². The molecule has 0 aliphatic carbocycles. The maximum atomic E-state index is 12.1. The molecule has 3 rings (SSSR count). The molecule has 2 amide bonds. The Kier molecular flexibility index (Phi) is 3.21. The predicted molar refractivity (Wildman–Crippen MR) is 73.8 cm³/mol. The van der Waals surface area contributed by atoms with E-state index in [1.807, 2.05) is 42.5 Å². The van der Waals surface area contributed by atoms with Gasteiger partial charge in [-0.1, -0.05) is 30.3 Å². The zero-order valence-electron chi connectivity index (χ0n) is 10.8. The predicted octanol–water partition coefficient (Wildman–Crippen LogP) is 2.68. The Morgan fingerprint density at radius 2 is 1.70 bits per heavy atom. The fourth-order valence-electron chi connectivity index (χ4n) is 2.24. The van der Waals surface area contributed by atoms with Crippen molar-refractivity contribution in [1.29, 1.82) is 0 Å². The van der Waals surface area contributed by atoms with Crippen LogP contribution in [0.5, 0.6) is 11.5 Å². The lowest BCUT2D eigenvalue weighted by Crippen LogP contribution is -2.28. The Bertz CT molecular complexity index is 665. The van der Waals surface area contributed by atoms with E-state index in [1.165, 1.54) is 0 Å². The first-order valence-corrected chi connectivity index (χ1v) is 6.43. The number of para-hydroxylation sites is 1. The maximum absolute atomic E-state index is 12.1. The van der Waals surface area contributed by atoms with Gasteiger partial charge < -0.3 is 4.74 Å². The third kappa shape index (κ3) is 2.40. The molecule has 2 aromatic carbocycles. The van der Waals surface area contributed by atoms with E-state index >= 15 is 0 Å². The summed E-state index contributed by atoms with van der Waals surface area (Å²) in [5.41, 5.74) is 1.28. The highest BCUT2D eigenvalue weighted by Gasteiger charge is 2.23. The van der Waals surface area contributed by atoms with Crippen LogP contribution in [-0.4, -0.2) is 11.8 Å². The molecular formula is C16H13NO3. The van der Waals surface area contributed by atoms with Crippen LogP contribution in [0, 0.1) is 0 Å². The Hall–Kier alpha value is -2.62. The number of aryl methyl sites for hydroxylation is 1. The summed E-state index contributed by atoms with van der Waals surface area (Å²) in [6, 6.07) is 14.7. The summed E-state index contributed by atoms with van der Waals surface area (Å²) in [6.45, 7) is 0. The molecule has 0 saturated heterocycles. The normalized spacial score (nSPS) is 14.2. The van der Waals surface area contributed by atoms with Crippen molar-refractivity contribution in [2.75, 3.05) is 0 Å². The Morgan fingerprint density at radius 3 is 2.50 bits per heavy atom. The van der Waals surface area contributed by atoms with Gasteiger partial charge in [0.25, 0.3) is 5.91 Å². The summed E-state index contributed by atoms with van der Waals surface area (Å²) in [6.07, 6.45) is 0.854. The molecule has 0 atom stereocenters. The first kappa shape index (κ1) is 12.4. The molecule has 1 aliphatic rings. The van der Waals surface area contributed by atoms with Crippen molar-refractivity contribution in [2.45, 2.75) is 12.8 Å². The van der Waals surface area contributed by atoms with Gasteiger partial charge in [-0.15, -0.1) is 0 Å². The highest BCUT2D eigenvalue weighted by molar-refractivity contribution is 6.08. The summed E-state index contributed by atoms with van der Waals surface area (Å²) < 4.78 is 5.77. The van der Waals surface area contributed by atoms with E-state index in [2.05, 4.69) is 5.32 Å². The van der Waals surface area contributed by atoms with Crippen LogP contribution in [0.15, 0.2) is 48.5 Å². The van der Waals surface area contributed by atoms with Crippen LogP contribution in [-0.2, 0) is 11.2 Å². The lowest BCUT2D eigenvalue weighted by Gasteiger charge is -2.12. The van der Waals surface area contributed by atoms with Gasteiger partial charge in [-0.25, -0.2) is 0 Å². The third-order valence-electron chi connectivity index (χ3n) is 3.18. The minimum absolute atomic E-state index is 0.253. The molecule has 1 heterocycles. The van der Waals surface area contributed by atoms with E-state index in [0.29, 0.717) is 29.9 Å². The quantitative estimate of drug-likeness (QED) is 0.851. The molecule has 0 spiro atoms. The van der Waals surface area contributed by atoms with Crippen LogP contribution in [0.25, 0.3) is 0 Å². The van der Waals surface area contributed by atoms with E-state index in [0.717, 1.165) is 5.56 Å². The minimum Gasteiger partial charge on any atom is -0.457 e. The second-order valence-electron chi connectivity index (χ2n) is 4.58. The maximum Gasteiger partial charge on any atom is 0.261 e. The number of carbonyl (C=O) groups is 2. The number of imide groups is 1. The SMILES string of the molecule is O=C1CCc2cccc(Oc3ccccc3)c2C(=O)N1. The molecule has 0 aromatic heterocycles. The summed E-state index contributed by atoms with van der Waals surface area (Å²) in [5, 5.41) is 2.37. The highest BCUT2D eigenvalue weighted by atomic mass is 16.5. The number of rotatable bonds is 2. The van der Waals surface area contributed by atoms with E-state index in [-0.39, 0.29) is 5.91 Å². The minimum atomic E-state index is -0.394. The zero-order chi connectivity index (χ0) is 13.9. The zero-order valence-corrected chi connectivity index (χ0v) is 10.8. The lowest BCUT2D eigenvalue weighted by atomic mass is 10.0. The highest BCUT2D eigenvalue weighted by Crippen LogP contribution is 2.29. The van der Waals surface area contributed by atoms with Crippen molar-refractivity contribution in [3.05, 3.63) is 59.7 Å². The largest absolute Gasteiger partial charge is 0.457 e. The number of nitrogens with one attached hydrogen (secondary N) is 1. The smallest absolute Gasteiger partial charge is 0.261 e. The summed E-state index contributed by atoms with van der Waals surface area (Å²) >= 11 is 0. The van der Waals surface area contributed by atoms with Crippen molar-refractivity contribution in [1.82, 2.24) is 5.32 Å². The molecule has 1 aliphatic heterocycles. The van der Waals surface area contributed by atoms with Crippen molar-refractivity contribution in [3.63, 3.8) is 0 Å². The second kappa shape index (κ2) is 5.17. The fourth-order valence-corrected chi connectivity index (χ4v) is 2.24. The van der Waals surface area contributed by atoms with Crippen LogP contribution in [0.3, 0.4) is 0 Å². The Labute approximate surface area is 116 Å². The molecule has 20 heavy (non-hydrogen) atoms. The van der Waals surface area contributed by atoms with E-state index in [1.54, 1.807) is 6.07 Å². The monoisotopic (exact) mass is 267 g/mol. The molecule has 2 aromatic rings. The van der Waals surface area contributed by atoms with Crippen molar-refractivity contribution >= 4 is 11.8 Å². The topological polar surface area (TPSA) is 55.4 Å². The van der Waals surface area contributed by atoms with Gasteiger partial charge in [0, 0.05) is 6.42 Å². The molecule has 0 saturated carbocycles. The van der Waals surface area contributed by atoms with E-state index in [9.17, 15) is 9.59 Å². The summed E-state index contributed by atoms with van der Waals surface area (Å²) in [4.78, 5) is 23.6. The molecule has 4 heteroatoms. The molecule has 0 unspecified atom stereocenters.